The van der Waals surface area contributed by atoms with Crippen molar-refractivity contribution in [3.63, 3.8) is 0 Å². The number of allylic oxidation sites excluding steroid dienone is 5. The highest BCUT2D eigenvalue weighted by atomic mass is 16.5. The van der Waals surface area contributed by atoms with E-state index >= 15 is 0 Å². The van der Waals surface area contributed by atoms with Crippen molar-refractivity contribution in [3.8, 4) is 0 Å². The van der Waals surface area contributed by atoms with Crippen LogP contribution in [-0.2, 0) is 9.53 Å². The van der Waals surface area contributed by atoms with E-state index in [1.165, 1.54) is 12.0 Å². The number of rotatable bonds is 2. The fraction of sp³-hybridized carbons (Fsp3) is 0.286. The largest absolute Gasteiger partial charge is 0.360 e. The molecular weight excluding hydrogens is 284 g/mol. The van der Waals surface area contributed by atoms with E-state index in [4.69, 9.17) is 4.74 Å². The summed E-state index contributed by atoms with van der Waals surface area (Å²) >= 11 is 0. The minimum absolute atomic E-state index is 0.160. The number of hydrogen-bond donors (Lipinski definition) is 0. The first-order valence-corrected chi connectivity index (χ1v) is 8.33. The van der Waals surface area contributed by atoms with Gasteiger partial charge in [0.05, 0.1) is 12.0 Å². The van der Waals surface area contributed by atoms with E-state index in [1.54, 1.807) is 0 Å². The Morgan fingerprint density at radius 1 is 1.09 bits per heavy atom. The third-order valence-corrected chi connectivity index (χ3v) is 4.77. The minimum atomic E-state index is -0.275. The van der Waals surface area contributed by atoms with E-state index < -0.39 is 0 Å². The summed E-state index contributed by atoms with van der Waals surface area (Å²) in [6.07, 6.45) is 15.1. The molecule has 1 saturated heterocycles. The predicted octanol–water partition coefficient (Wildman–Crippen LogP) is 4.47. The Hall–Kier alpha value is -2.19. The molecule has 1 aliphatic heterocycles. The van der Waals surface area contributed by atoms with E-state index in [2.05, 4.69) is 12.2 Å². The molecule has 23 heavy (non-hydrogen) atoms. The molecule has 3 atom stereocenters. The summed E-state index contributed by atoms with van der Waals surface area (Å²) in [7, 11) is 0. The van der Waals surface area contributed by atoms with Gasteiger partial charge in [-0.25, -0.2) is 0 Å². The maximum Gasteiger partial charge on any atom is 0.171 e. The smallest absolute Gasteiger partial charge is 0.171 e. The summed E-state index contributed by atoms with van der Waals surface area (Å²) in [5, 5.41) is 0. The van der Waals surface area contributed by atoms with Gasteiger partial charge in [0.25, 0.3) is 0 Å². The molecule has 1 aromatic rings. The highest BCUT2D eigenvalue weighted by Crippen LogP contribution is 2.39. The predicted molar refractivity (Wildman–Crippen MR) is 90.9 cm³/mol. The molecule has 0 aromatic heterocycles. The lowest BCUT2D eigenvalue weighted by atomic mass is 9.81. The van der Waals surface area contributed by atoms with Crippen LogP contribution in [0.25, 0.3) is 0 Å². The van der Waals surface area contributed by atoms with Crippen LogP contribution in [0.15, 0.2) is 77.9 Å². The van der Waals surface area contributed by atoms with Crippen molar-refractivity contribution in [2.75, 3.05) is 0 Å². The fourth-order valence-corrected chi connectivity index (χ4v) is 3.56. The maximum absolute atomic E-state index is 13.1. The van der Waals surface area contributed by atoms with Gasteiger partial charge in [0.15, 0.2) is 5.78 Å². The number of hydrogen-bond acceptors (Lipinski definition) is 2. The van der Waals surface area contributed by atoms with Crippen molar-refractivity contribution >= 4 is 5.78 Å². The Labute approximate surface area is 136 Å². The molecule has 1 aromatic carbocycles. The van der Waals surface area contributed by atoms with Crippen molar-refractivity contribution in [1.29, 1.82) is 0 Å². The summed E-state index contributed by atoms with van der Waals surface area (Å²) in [5.41, 5.74) is 3.12. The zero-order chi connectivity index (χ0) is 15.6. The highest BCUT2D eigenvalue weighted by molar-refractivity contribution is 6.01. The van der Waals surface area contributed by atoms with Crippen LogP contribution < -0.4 is 0 Å². The van der Waals surface area contributed by atoms with Crippen molar-refractivity contribution in [3.05, 3.63) is 83.5 Å². The summed E-state index contributed by atoms with van der Waals surface area (Å²) in [4.78, 5) is 13.1. The number of Topliss-reactive ketones (excluding diaryl/α,β-unsaturated/α-hetero) is 1. The van der Waals surface area contributed by atoms with Crippen molar-refractivity contribution in [2.45, 2.75) is 31.5 Å². The second kappa shape index (κ2) is 6.13. The molecule has 2 nitrogen and oxygen atoms in total. The van der Waals surface area contributed by atoms with E-state index in [9.17, 15) is 4.79 Å². The molecule has 2 aliphatic carbocycles. The van der Waals surface area contributed by atoms with Gasteiger partial charge in [-0.2, -0.15) is 0 Å². The molecule has 0 N–H and O–H groups in total. The average Bonchev–Trinajstić information content (AvgIpc) is 3.11. The van der Waals surface area contributed by atoms with E-state index in [-0.39, 0.29) is 23.9 Å². The van der Waals surface area contributed by atoms with Gasteiger partial charge in [-0.3, -0.25) is 4.79 Å². The lowest BCUT2D eigenvalue weighted by Gasteiger charge is -2.36. The normalized spacial score (nSPS) is 31.3. The first kappa shape index (κ1) is 14.4. The van der Waals surface area contributed by atoms with Crippen molar-refractivity contribution in [1.82, 2.24) is 0 Å². The van der Waals surface area contributed by atoms with Crippen LogP contribution >= 0.6 is 0 Å². The van der Waals surface area contributed by atoms with Crippen LogP contribution in [0.4, 0.5) is 0 Å². The molecule has 3 aliphatic rings. The number of ketones is 1. The van der Waals surface area contributed by atoms with Gasteiger partial charge in [0.1, 0.15) is 6.10 Å². The topological polar surface area (TPSA) is 26.3 Å². The van der Waals surface area contributed by atoms with Gasteiger partial charge in [-0.15, -0.1) is 0 Å². The molecule has 0 bridgehead atoms. The maximum atomic E-state index is 13.1. The quantitative estimate of drug-likeness (QED) is 0.753. The number of ether oxygens (including phenoxy) is 1. The van der Waals surface area contributed by atoms with Crippen LogP contribution in [0.2, 0.25) is 0 Å². The molecule has 0 spiro atoms. The number of carbonyl (C=O) groups excluding carboxylic acids is 1. The summed E-state index contributed by atoms with van der Waals surface area (Å²) in [6.45, 7) is 0. The Kier molecular flexibility index (Phi) is 3.84. The zero-order valence-electron chi connectivity index (χ0n) is 13.0. The molecule has 0 saturated carbocycles. The van der Waals surface area contributed by atoms with Gasteiger partial charge in [0.2, 0.25) is 0 Å². The summed E-state index contributed by atoms with van der Waals surface area (Å²) in [5.74, 6) is 0.0109. The summed E-state index contributed by atoms with van der Waals surface area (Å²) < 4.78 is 6.32. The molecule has 3 unspecified atom stereocenters. The van der Waals surface area contributed by atoms with Crippen LogP contribution in [0, 0.1) is 5.92 Å². The molecular formula is C21H20O2. The number of fused-ring (bicyclic) bond motifs is 1. The molecule has 1 fully saturated rings. The van der Waals surface area contributed by atoms with Gasteiger partial charge < -0.3 is 4.74 Å². The molecule has 2 heteroatoms. The van der Waals surface area contributed by atoms with E-state index in [0.29, 0.717) is 0 Å². The lowest BCUT2D eigenvalue weighted by molar-refractivity contribution is -0.129. The van der Waals surface area contributed by atoms with Gasteiger partial charge in [-0.1, -0.05) is 66.3 Å². The fourth-order valence-electron chi connectivity index (χ4n) is 3.56. The standard InChI is InChI=1S/C21H20O2/c22-20-17-12-6-7-13-19(17)23-21(16-10-2-1-3-11-16)18(20)14-15-8-4-5-9-15/h1-3,6-8,10-14,17,19,21H,4-5,9H2/b18-14+. The minimum Gasteiger partial charge on any atom is -0.360 e. The zero-order valence-corrected chi connectivity index (χ0v) is 13.0. The second-order valence-corrected chi connectivity index (χ2v) is 6.32. The van der Waals surface area contributed by atoms with Gasteiger partial charge in [-0.05, 0) is 30.9 Å². The monoisotopic (exact) mass is 304 g/mol. The molecule has 116 valence electrons. The third kappa shape index (κ3) is 2.75. The SMILES string of the molecule is O=C1/C(=C\C2=CCCC2)C(c2ccccc2)OC2C=CC=CC12. The van der Waals surface area contributed by atoms with Gasteiger partial charge in [0, 0.05) is 5.57 Å². The van der Waals surface area contributed by atoms with Crippen molar-refractivity contribution < 1.29 is 9.53 Å². The molecule has 4 rings (SSSR count). The van der Waals surface area contributed by atoms with Crippen LogP contribution in [0.3, 0.4) is 0 Å². The van der Waals surface area contributed by atoms with E-state index in [1.807, 2.05) is 54.6 Å². The summed E-state index contributed by atoms with van der Waals surface area (Å²) in [6, 6.07) is 10.1. The highest BCUT2D eigenvalue weighted by Gasteiger charge is 2.40. The first-order chi connectivity index (χ1) is 11.3. The molecule has 1 heterocycles. The van der Waals surface area contributed by atoms with Crippen molar-refractivity contribution in [2.24, 2.45) is 5.92 Å². The van der Waals surface area contributed by atoms with Crippen LogP contribution in [-0.4, -0.2) is 11.9 Å². The Morgan fingerprint density at radius 3 is 2.70 bits per heavy atom. The Balaban J connectivity index is 1.75. The third-order valence-electron chi connectivity index (χ3n) is 4.77. The second-order valence-electron chi connectivity index (χ2n) is 6.32. The Morgan fingerprint density at radius 2 is 1.91 bits per heavy atom. The average molecular weight is 304 g/mol. The number of benzene rings is 1. The van der Waals surface area contributed by atoms with Crippen LogP contribution in [0.1, 0.15) is 30.9 Å². The molecule has 0 radical (unpaired) electrons. The van der Waals surface area contributed by atoms with Gasteiger partial charge >= 0.3 is 0 Å². The lowest BCUT2D eigenvalue weighted by Crippen LogP contribution is -2.39. The first-order valence-electron chi connectivity index (χ1n) is 8.33. The number of carbonyl (C=O) groups is 1. The Bertz CT molecular complexity index is 721. The van der Waals surface area contributed by atoms with E-state index in [0.717, 1.165) is 24.0 Å². The van der Waals surface area contributed by atoms with Crippen LogP contribution in [0.5, 0.6) is 0 Å². The molecule has 0 amide bonds.